The number of nitrogens with zero attached hydrogens (tertiary/aromatic N) is 4. The number of carbonyl (C=O) groups is 1. The monoisotopic (exact) mass is 410 g/mol. The van der Waals surface area contributed by atoms with E-state index in [-0.39, 0.29) is 11.9 Å². The molecule has 0 bridgehead atoms. The molecule has 0 aliphatic carbocycles. The molecule has 0 saturated heterocycles. The molecule has 7 heteroatoms. The number of hydrogen-bond acceptors (Lipinski definition) is 4. The van der Waals surface area contributed by atoms with Gasteiger partial charge < -0.3 is 10.3 Å². The molecule has 5 aromatic rings. The molecule has 3 aromatic heterocycles. The van der Waals surface area contributed by atoms with E-state index in [1.165, 1.54) is 0 Å². The van der Waals surface area contributed by atoms with Crippen LogP contribution in [0.3, 0.4) is 0 Å². The first-order chi connectivity index (χ1) is 15.1. The molecule has 0 aliphatic rings. The first-order valence-electron chi connectivity index (χ1n) is 10.3. The zero-order valence-corrected chi connectivity index (χ0v) is 17.3. The predicted molar refractivity (Wildman–Crippen MR) is 121 cm³/mol. The molecule has 154 valence electrons. The van der Waals surface area contributed by atoms with Gasteiger partial charge >= 0.3 is 0 Å². The lowest BCUT2D eigenvalue weighted by atomic mass is 10.1. The maximum Gasteiger partial charge on any atom is 0.252 e. The van der Waals surface area contributed by atoms with Crippen molar-refractivity contribution in [1.82, 2.24) is 30.0 Å². The Morgan fingerprint density at radius 3 is 2.61 bits per heavy atom. The van der Waals surface area contributed by atoms with E-state index in [1.807, 2.05) is 79.2 Å². The number of para-hydroxylation sites is 2. The Morgan fingerprint density at radius 2 is 1.84 bits per heavy atom. The van der Waals surface area contributed by atoms with Gasteiger partial charge in [0.2, 0.25) is 0 Å². The molecule has 0 aliphatic heterocycles. The van der Waals surface area contributed by atoms with Crippen LogP contribution >= 0.6 is 0 Å². The topological polar surface area (TPSA) is 88.5 Å². The fourth-order valence-electron chi connectivity index (χ4n) is 3.69. The number of rotatable bonds is 5. The van der Waals surface area contributed by atoms with Crippen LogP contribution in [0.15, 0.2) is 66.9 Å². The molecule has 0 unspecified atom stereocenters. The fraction of sp³-hybridized carbons (Fsp3) is 0.167. The molecule has 2 N–H and O–H groups in total. The van der Waals surface area contributed by atoms with Crippen LogP contribution in [-0.2, 0) is 6.54 Å². The summed E-state index contributed by atoms with van der Waals surface area (Å²) in [7, 11) is 0. The van der Waals surface area contributed by atoms with Crippen molar-refractivity contribution in [3.8, 4) is 11.3 Å². The number of pyridine rings is 1. The van der Waals surface area contributed by atoms with E-state index in [1.54, 1.807) is 6.20 Å². The molecule has 0 radical (unpaired) electrons. The first-order valence-corrected chi connectivity index (χ1v) is 10.3. The highest BCUT2D eigenvalue weighted by molar-refractivity contribution is 6.06. The fourth-order valence-corrected chi connectivity index (χ4v) is 3.69. The van der Waals surface area contributed by atoms with Gasteiger partial charge in [0.1, 0.15) is 5.82 Å². The van der Waals surface area contributed by atoms with Crippen molar-refractivity contribution < 1.29 is 4.79 Å². The number of fused-ring (bicyclic) bond motifs is 2. The van der Waals surface area contributed by atoms with Gasteiger partial charge in [0.15, 0.2) is 5.65 Å². The number of imidazole rings is 1. The Kier molecular flexibility index (Phi) is 4.71. The van der Waals surface area contributed by atoms with Crippen molar-refractivity contribution in [2.45, 2.75) is 26.4 Å². The van der Waals surface area contributed by atoms with Gasteiger partial charge in [-0.25, -0.2) is 14.6 Å². The van der Waals surface area contributed by atoms with Gasteiger partial charge in [0.05, 0.1) is 40.4 Å². The van der Waals surface area contributed by atoms with Crippen molar-refractivity contribution in [1.29, 1.82) is 0 Å². The quantitative estimate of drug-likeness (QED) is 0.447. The zero-order valence-electron chi connectivity index (χ0n) is 17.3. The summed E-state index contributed by atoms with van der Waals surface area (Å²) in [5.41, 5.74) is 4.76. The predicted octanol–water partition coefficient (Wildman–Crippen LogP) is 4.49. The number of nitrogens with one attached hydrogen (secondary N) is 2. The molecule has 5 rings (SSSR count). The summed E-state index contributed by atoms with van der Waals surface area (Å²) in [6.45, 7) is 4.39. The molecule has 0 spiro atoms. The van der Waals surface area contributed by atoms with E-state index in [2.05, 4.69) is 20.4 Å². The summed E-state index contributed by atoms with van der Waals surface area (Å²) in [6, 6.07) is 19.6. The summed E-state index contributed by atoms with van der Waals surface area (Å²) < 4.78 is 1.85. The molecular formula is C24H22N6O. The maximum atomic E-state index is 13.2. The van der Waals surface area contributed by atoms with Gasteiger partial charge in [0.25, 0.3) is 5.91 Å². The van der Waals surface area contributed by atoms with E-state index in [0.29, 0.717) is 23.6 Å². The lowest BCUT2D eigenvalue weighted by Crippen LogP contribution is -2.24. The van der Waals surface area contributed by atoms with Crippen molar-refractivity contribution in [2.75, 3.05) is 0 Å². The average molecular weight is 410 g/mol. The molecule has 1 amide bonds. The van der Waals surface area contributed by atoms with E-state index < -0.39 is 0 Å². The number of aromatic amines is 1. The molecule has 3 heterocycles. The van der Waals surface area contributed by atoms with E-state index in [9.17, 15) is 4.79 Å². The van der Waals surface area contributed by atoms with Crippen LogP contribution in [0.2, 0.25) is 0 Å². The Morgan fingerprint density at radius 1 is 1.06 bits per heavy atom. The summed E-state index contributed by atoms with van der Waals surface area (Å²) in [6.07, 6.45) is 1.72. The van der Waals surface area contributed by atoms with Gasteiger partial charge in [-0.15, -0.1) is 0 Å². The van der Waals surface area contributed by atoms with Gasteiger partial charge in [-0.05, 0) is 32.0 Å². The van der Waals surface area contributed by atoms with Crippen molar-refractivity contribution in [3.05, 3.63) is 78.2 Å². The SMILES string of the molecule is CC(C)n1ncc2c(C(=O)NCc3nc4ccccc4[nH]3)cc(-c3ccccc3)nc21. The van der Waals surface area contributed by atoms with E-state index >= 15 is 0 Å². The smallest absolute Gasteiger partial charge is 0.252 e. The lowest BCUT2D eigenvalue weighted by Gasteiger charge is -2.11. The minimum atomic E-state index is -0.187. The third kappa shape index (κ3) is 3.54. The molecule has 0 atom stereocenters. The Hall–Kier alpha value is -4.00. The van der Waals surface area contributed by atoms with Gasteiger partial charge in [-0.2, -0.15) is 5.10 Å². The lowest BCUT2D eigenvalue weighted by molar-refractivity contribution is 0.0951. The second-order valence-electron chi connectivity index (χ2n) is 7.72. The van der Waals surface area contributed by atoms with E-state index in [4.69, 9.17) is 4.98 Å². The van der Waals surface area contributed by atoms with E-state index in [0.717, 1.165) is 27.7 Å². The molecule has 7 nitrogen and oxygen atoms in total. The Balaban J connectivity index is 1.52. The van der Waals surface area contributed by atoms with Crippen LogP contribution in [0.5, 0.6) is 0 Å². The second kappa shape index (κ2) is 7.68. The molecule has 31 heavy (non-hydrogen) atoms. The average Bonchev–Trinajstić information content (AvgIpc) is 3.41. The van der Waals surface area contributed by atoms with Crippen LogP contribution in [0.25, 0.3) is 33.3 Å². The maximum absolute atomic E-state index is 13.2. The Labute approximate surface area is 179 Å². The highest BCUT2D eigenvalue weighted by Gasteiger charge is 2.18. The van der Waals surface area contributed by atoms with Crippen LogP contribution in [0.1, 0.15) is 36.1 Å². The van der Waals surface area contributed by atoms with Crippen molar-refractivity contribution in [3.63, 3.8) is 0 Å². The Bertz CT molecular complexity index is 1350. The minimum absolute atomic E-state index is 0.127. The number of benzene rings is 2. The van der Waals surface area contributed by atoms with Crippen molar-refractivity contribution in [2.24, 2.45) is 0 Å². The summed E-state index contributed by atoms with van der Waals surface area (Å²) in [4.78, 5) is 25.8. The largest absolute Gasteiger partial charge is 0.345 e. The minimum Gasteiger partial charge on any atom is -0.345 e. The van der Waals surface area contributed by atoms with Gasteiger partial charge in [-0.1, -0.05) is 42.5 Å². The van der Waals surface area contributed by atoms with Gasteiger partial charge in [0, 0.05) is 11.6 Å². The van der Waals surface area contributed by atoms with Gasteiger partial charge in [-0.3, -0.25) is 4.79 Å². The highest BCUT2D eigenvalue weighted by Crippen LogP contribution is 2.26. The normalized spacial score (nSPS) is 11.5. The number of amides is 1. The highest BCUT2D eigenvalue weighted by atomic mass is 16.1. The zero-order chi connectivity index (χ0) is 21.4. The van der Waals surface area contributed by atoms with Crippen LogP contribution in [0.4, 0.5) is 0 Å². The van der Waals surface area contributed by atoms with Crippen molar-refractivity contribution >= 4 is 28.0 Å². The molecule has 0 fully saturated rings. The number of hydrogen-bond donors (Lipinski definition) is 2. The number of aromatic nitrogens is 5. The second-order valence-corrected chi connectivity index (χ2v) is 7.72. The molecule has 0 saturated carbocycles. The number of H-pyrrole nitrogens is 1. The molecular weight excluding hydrogens is 388 g/mol. The first kappa shape index (κ1) is 19.0. The van der Waals surface area contributed by atoms with Crippen LogP contribution in [-0.4, -0.2) is 30.6 Å². The summed E-state index contributed by atoms with van der Waals surface area (Å²) in [5.74, 6) is 0.523. The summed E-state index contributed by atoms with van der Waals surface area (Å²) in [5, 5.41) is 8.20. The summed E-state index contributed by atoms with van der Waals surface area (Å²) >= 11 is 0. The number of carbonyl (C=O) groups excluding carboxylic acids is 1. The third-order valence-corrected chi connectivity index (χ3v) is 5.22. The molecule has 2 aromatic carbocycles. The standard InChI is InChI=1S/C24H22N6O/c1-15(2)30-23-18(13-26-30)17(12-21(29-23)16-8-4-3-5-9-16)24(31)25-14-22-27-19-10-6-7-11-20(19)28-22/h3-13,15H,14H2,1-2H3,(H,25,31)(H,27,28). The van der Waals surface area contributed by atoms with Crippen LogP contribution < -0.4 is 5.32 Å². The van der Waals surface area contributed by atoms with Crippen LogP contribution in [0, 0.1) is 0 Å². The third-order valence-electron chi connectivity index (χ3n) is 5.22.